The van der Waals surface area contributed by atoms with Crippen LogP contribution in [0.5, 0.6) is 5.75 Å². The zero-order chi connectivity index (χ0) is 15.7. The second-order valence-electron chi connectivity index (χ2n) is 4.63. The maximum atomic E-state index is 11.7. The fourth-order valence-electron chi connectivity index (χ4n) is 1.71. The summed E-state index contributed by atoms with van der Waals surface area (Å²) in [4.78, 5) is 22.7. The number of nitrogens with two attached hydrogens (primary N) is 1. The van der Waals surface area contributed by atoms with Gasteiger partial charge in [0.15, 0.2) is 6.61 Å². The summed E-state index contributed by atoms with van der Waals surface area (Å²) < 4.78 is 9.78. The van der Waals surface area contributed by atoms with Gasteiger partial charge in [0.05, 0.1) is 13.2 Å². The van der Waals surface area contributed by atoms with Crippen LogP contribution >= 0.6 is 0 Å². The molecule has 0 heterocycles. The van der Waals surface area contributed by atoms with Gasteiger partial charge >= 0.3 is 5.97 Å². The van der Waals surface area contributed by atoms with Gasteiger partial charge in [-0.15, -0.1) is 0 Å². The summed E-state index contributed by atoms with van der Waals surface area (Å²) in [6, 6.07) is 6.66. The number of carbonyl (C=O) groups excluding carboxylic acids is 2. The fourth-order valence-corrected chi connectivity index (χ4v) is 1.71. The topological polar surface area (TPSA) is 90.7 Å². The van der Waals surface area contributed by atoms with Crippen molar-refractivity contribution in [2.45, 2.75) is 32.4 Å². The second-order valence-corrected chi connectivity index (χ2v) is 4.63. The number of nitrogens with one attached hydrogen (secondary N) is 1. The minimum absolute atomic E-state index is 0.145. The summed E-state index contributed by atoms with van der Waals surface area (Å²) in [6.45, 7) is 2.20. The molecule has 0 saturated carbocycles. The number of benzene rings is 1. The highest BCUT2D eigenvalue weighted by molar-refractivity contribution is 5.81. The van der Waals surface area contributed by atoms with Crippen LogP contribution in [0.2, 0.25) is 0 Å². The van der Waals surface area contributed by atoms with Crippen molar-refractivity contribution in [1.29, 1.82) is 0 Å². The van der Waals surface area contributed by atoms with Crippen LogP contribution in [0.1, 0.15) is 25.3 Å². The molecule has 1 aromatic rings. The standard InChI is InChI=1S/C15H22N2O4/c1-3-5-13(16)15(19)17-9-11-6-4-7-12(8-11)21-10-14(18)20-2/h4,6-8,13H,3,5,9-10,16H2,1-2H3,(H,17,19). The predicted octanol–water partition coefficient (Wildman–Crippen LogP) is 0.982. The van der Waals surface area contributed by atoms with Crippen LogP contribution in [0.25, 0.3) is 0 Å². The Balaban J connectivity index is 2.49. The van der Waals surface area contributed by atoms with Crippen molar-refractivity contribution in [3.63, 3.8) is 0 Å². The van der Waals surface area contributed by atoms with Gasteiger partial charge in [0.2, 0.25) is 5.91 Å². The van der Waals surface area contributed by atoms with Crippen molar-refractivity contribution >= 4 is 11.9 Å². The summed E-state index contributed by atoms with van der Waals surface area (Å²) >= 11 is 0. The van der Waals surface area contributed by atoms with Gasteiger partial charge in [0.25, 0.3) is 0 Å². The van der Waals surface area contributed by atoms with E-state index in [4.69, 9.17) is 10.5 Å². The van der Waals surface area contributed by atoms with Gasteiger partial charge < -0.3 is 20.5 Å². The molecule has 21 heavy (non-hydrogen) atoms. The van der Waals surface area contributed by atoms with Gasteiger partial charge in [-0.05, 0) is 24.1 Å². The molecular weight excluding hydrogens is 272 g/mol. The van der Waals surface area contributed by atoms with Gasteiger partial charge in [-0.2, -0.15) is 0 Å². The normalized spacial score (nSPS) is 11.6. The Morgan fingerprint density at radius 3 is 2.81 bits per heavy atom. The first kappa shape index (κ1) is 17.0. The van der Waals surface area contributed by atoms with E-state index in [0.29, 0.717) is 18.7 Å². The quantitative estimate of drug-likeness (QED) is 0.698. The molecule has 0 aliphatic rings. The van der Waals surface area contributed by atoms with Crippen molar-refractivity contribution in [3.8, 4) is 5.75 Å². The lowest BCUT2D eigenvalue weighted by Gasteiger charge is -2.12. The van der Waals surface area contributed by atoms with E-state index >= 15 is 0 Å². The Labute approximate surface area is 124 Å². The van der Waals surface area contributed by atoms with Crippen molar-refractivity contribution in [2.75, 3.05) is 13.7 Å². The number of esters is 1. The fraction of sp³-hybridized carbons (Fsp3) is 0.467. The van der Waals surface area contributed by atoms with E-state index in [-0.39, 0.29) is 12.5 Å². The molecule has 1 aromatic carbocycles. The lowest BCUT2D eigenvalue weighted by Crippen LogP contribution is -2.40. The summed E-state index contributed by atoms with van der Waals surface area (Å²) in [5, 5.41) is 2.78. The number of hydrogen-bond donors (Lipinski definition) is 2. The molecule has 0 aromatic heterocycles. The zero-order valence-corrected chi connectivity index (χ0v) is 12.4. The number of methoxy groups -OCH3 is 1. The van der Waals surface area contributed by atoms with Crippen molar-refractivity contribution < 1.29 is 19.1 Å². The van der Waals surface area contributed by atoms with Crippen LogP contribution in [0.15, 0.2) is 24.3 Å². The van der Waals surface area contributed by atoms with Crippen LogP contribution in [0, 0.1) is 0 Å². The van der Waals surface area contributed by atoms with Gasteiger partial charge in [-0.3, -0.25) is 4.79 Å². The van der Waals surface area contributed by atoms with Crippen LogP contribution in [0.4, 0.5) is 0 Å². The van der Waals surface area contributed by atoms with Crippen molar-refractivity contribution in [3.05, 3.63) is 29.8 Å². The molecule has 1 atom stereocenters. The Hall–Kier alpha value is -2.08. The lowest BCUT2D eigenvalue weighted by molar-refractivity contribution is -0.142. The summed E-state index contributed by atoms with van der Waals surface area (Å²) in [5.74, 6) is -0.0676. The molecular formula is C15H22N2O4. The monoisotopic (exact) mass is 294 g/mol. The Kier molecular flexibility index (Phi) is 7.25. The molecule has 0 aliphatic carbocycles. The SMILES string of the molecule is CCCC(N)C(=O)NCc1cccc(OCC(=O)OC)c1. The van der Waals surface area contributed by atoms with E-state index in [1.165, 1.54) is 7.11 Å². The highest BCUT2D eigenvalue weighted by Crippen LogP contribution is 2.13. The number of hydrogen-bond acceptors (Lipinski definition) is 5. The highest BCUT2D eigenvalue weighted by Gasteiger charge is 2.11. The number of rotatable bonds is 8. The minimum Gasteiger partial charge on any atom is -0.482 e. The van der Waals surface area contributed by atoms with E-state index in [2.05, 4.69) is 10.1 Å². The average molecular weight is 294 g/mol. The third-order valence-corrected chi connectivity index (χ3v) is 2.89. The summed E-state index contributed by atoms with van der Waals surface area (Å²) in [5.41, 5.74) is 6.60. The van der Waals surface area contributed by atoms with E-state index < -0.39 is 12.0 Å². The third kappa shape index (κ3) is 6.27. The molecule has 3 N–H and O–H groups in total. The van der Waals surface area contributed by atoms with E-state index in [9.17, 15) is 9.59 Å². The number of amides is 1. The highest BCUT2D eigenvalue weighted by atomic mass is 16.6. The largest absolute Gasteiger partial charge is 0.482 e. The molecule has 0 radical (unpaired) electrons. The predicted molar refractivity (Wildman–Crippen MR) is 78.7 cm³/mol. The molecule has 0 saturated heterocycles. The second kappa shape index (κ2) is 8.97. The third-order valence-electron chi connectivity index (χ3n) is 2.89. The zero-order valence-electron chi connectivity index (χ0n) is 12.4. The van der Waals surface area contributed by atoms with E-state index in [0.717, 1.165) is 12.0 Å². The minimum atomic E-state index is -0.478. The van der Waals surface area contributed by atoms with E-state index in [1.807, 2.05) is 13.0 Å². The molecule has 1 rings (SSSR count). The first-order valence-corrected chi connectivity index (χ1v) is 6.88. The summed E-state index contributed by atoms with van der Waals surface area (Å²) in [6.07, 6.45) is 1.53. The molecule has 6 heteroatoms. The first-order chi connectivity index (χ1) is 10.1. The smallest absolute Gasteiger partial charge is 0.343 e. The van der Waals surface area contributed by atoms with E-state index in [1.54, 1.807) is 18.2 Å². The number of ether oxygens (including phenoxy) is 2. The van der Waals surface area contributed by atoms with Crippen LogP contribution in [-0.2, 0) is 20.9 Å². The van der Waals surface area contributed by atoms with Gasteiger partial charge in [-0.1, -0.05) is 25.5 Å². The molecule has 0 spiro atoms. The first-order valence-electron chi connectivity index (χ1n) is 6.88. The Morgan fingerprint density at radius 2 is 2.14 bits per heavy atom. The molecule has 1 unspecified atom stereocenters. The van der Waals surface area contributed by atoms with Crippen LogP contribution in [-0.4, -0.2) is 31.6 Å². The molecule has 1 amide bonds. The van der Waals surface area contributed by atoms with Gasteiger partial charge in [0, 0.05) is 6.54 Å². The maximum Gasteiger partial charge on any atom is 0.343 e. The van der Waals surface area contributed by atoms with Gasteiger partial charge in [-0.25, -0.2) is 4.79 Å². The van der Waals surface area contributed by atoms with Crippen LogP contribution < -0.4 is 15.8 Å². The Bertz CT molecular complexity index is 476. The molecule has 0 aliphatic heterocycles. The lowest BCUT2D eigenvalue weighted by atomic mass is 10.1. The van der Waals surface area contributed by atoms with Gasteiger partial charge in [0.1, 0.15) is 5.75 Å². The average Bonchev–Trinajstić information content (AvgIpc) is 2.50. The maximum absolute atomic E-state index is 11.7. The number of carbonyl (C=O) groups is 2. The van der Waals surface area contributed by atoms with Crippen molar-refractivity contribution in [2.24, 2.45) is 5.73 Å². The molecule has 6 nitrogen and oxygen atoms in total. The molecule has 0 fully saturated rings. The van der Waals surface area contributed by atoms with Crippen molar-refractivity contribution in [1.82, 2.24) is 5.32 Å². The molecule has 0 bridgehead atoms. The summed E-state index contributed by atoms with van der Waals surface area (Å²) in [7, 11) is 1.30. The molecule has 116 valence electrons. The Morgan fingerprint density at radius 1 is 1.38 bits per heavy atom. The van der Waals surface area contributed by atoms with Crippen LogP contribution in [0.3, 0.4) is 0 Å².